The average molecular weight is 324 g/mol. The molecular formula is C20H37NO2. The van der Waals surface area contributed by atoms with Gasteiger partial charge in [-0.1, -0.05) is 96.8 Å². The van der Waals surface area contributed by atoms with E-state index >= 15 is 0 Å². The van der Waals surface area contributed by atoms with Crippen LogP contribution in [0.3, 0.4) is 0 Å². The third-order valence-electron chi connectivity index (χ3n) is 4.49. The zero-order valence-electron chi connectivity index (χ0n) is 15.4. The molecule has 0 saturated carbocycles. The Morgan fingerprint density at radius 2 is 1.22 bits per heavy atom. The van der Waals surface area contributed by atoms with Crippen LogP contribution in [-0.2, 0) is 9.53 Å². The molecule has 0 radical (unpaired) electrons. The molecular weight excluding hydrogens is 286 g/mol. The Hall–Kier alpha value is -1.04. The van der Waals surface area contributed by atoms with Crippen LogP contribution in [0.5, 0.6) is 0 Å². The fraction of sp³-hybridized carbons (Fsp3) is 0.900. The van der Waals surface area contributed by atoms with E-state index in [2.05, 4.69) is 11.7 Å². The van der Waals surface area contributed by atoms with E-state index in [-0.39, 0.29) is 5.97 Å². The first-order valence-electron chi connectivity index (χ1n) is 9.73. The molecule has 0 aromatic heterocycles. The van der Waals surface area contributed by atoms with Crippen molar-refractivity contribution in [3.8, 4) is 6.07 Å². The second-order valence-electron chi connectivity index (χ2n) is 6.59. The van der Waals surface area contributed by atoms with Crippen LogP contribution in [0, 0.1) is 17.2 Å². The van der Waals surface area contributed by atoms with Gasteiger partial charge in [0, 0.05) is 0 Å². The molecule has 0 heterocycles. The first-order valence-corrected chi connectivity index (χ1v) is 9.73. The number of nitrogens with zero attached hydrogens (tertiary/aromatic N) is 1. The molecule has 0 spiro atoms. The predicted molar refractivity (Wildman–Crippen MR) is 96.0 cm³/mol. The molecule has 0 N–H and O–H groups in total. The van der Waals surface area contributed by atoms with E-state index in [1.165, 1.54) is 84.2 Å². The van der Waals surface area contributed by atoms with Crippen molar-refractivity contribution in [1.29, 1.82) is 5.26 Å². The van der Waals surface area contributed by atoms with Gasteiger partial charge in [-0.2, -0.15) is 5.26 Å². The molecule has 0 aromatic rings. The lowest BCUT2D eigenvalue weighted by Crippen LogP contribution is -2.14. The van der Waals surface area contributed by atoms with Gasteiger partial charge in [-0.25, -0.2) is 0 Å². The molecule has 3 heteroatoms. The molecule has 0 saturated heterocycles. The third kappa shape index (κ3) is 14.3. The minimum atomic E-state index is -0.572. The summed E-state index contributed by atoms with van der Waals surface area (Å²) in [6.07, 6.45) is 19.1. The molecule has 0 aromatic carbocycles. The number of unbranched alkanes of at least 4 members (excludes halogenated alkanes) is 13. The van der Waals surface area contributed by atoms with Gasteiger partial charge in [-0.15, -0.1) is 0 Å². The van der Waals surface area contributed by atoms with E-state index in [9.17, 15) is 4.79 Å². The van der Waals surface area contributed by atoms with E-state index in [1.807, 2.05) is 6.07 Å². The van der Waals surface area contributed by atoms with Gasteiger partial charge in [0.15, 0.2) is 0 Å². The number of carbonyl (C=O) groups excluding carboxylic acids is 1. The Labute approximate surface area is 143 Å². The van der Waals surface area contributed by atoms with E-state index in [0.717, 1.165) is 12.8 Å². The van der Waals surface area contributed by atoms with E-state index in [1.54, 1.807) is 0 Å². The van der Waals surface area contributed by atoms with Gasteiger partial charge in [0.05, 0.1) is 13.2 Å². The molecule has 0 bridgehead atoms. The first-order chi connectivity index (χ1) is 11.3. The highest BCUT2D eigenvalue weighted by Gasteiger charge is 2.17. The Morgan fingerprint density at radius 3 is 1.57 bits per heavy atom. The summed E-state index contributed by atoms with van der Waals surface area (Å²) in [7, 11) is 1.35. The fourth-order valence-corrected chi connectivity index (χ4v) is 2.92. The molecule has 0 rings (SSSR count). The number of esters is 1. The van der Waals surface area contributed by atoms with Gasteiger partial charge in [0.1, 0.15) is 5.92 Å². The Bertz CT molecular complexity index is 309. The zero-order valence-corrected chi connectivity index (χ0v) is 15.4. The monoisotopic (exact) mass is 323 g/mol. The lowest BCUT2D eigenvalue weighted by atomic mass is 10.0. The molecule has 0 aliphatic carbocycles. The lowest BCUT2D eigenvalue weighted by Gasteiger charge is -2.06. The highest BCUT2D eigenvalue weighted by Crippen LogP contribution is 2.15. The predicted octanol–water partition coefficient (Wildman–Crippen LogP) is 6.17. The van der Waals surface area contributed by atoms with Gasteiger partial charge in [-0.05, 0) is 6.42 Å². The number of nitriles is 1. The number of carbonyl (C=O) groups is 1. The Balaban J connectivity index is 3.22. The van der Waals surface area contributed by atoms with Crippen LogP contribution in [0.4, 0.5) is 0 Å². The van der Waals surface area contributed by atoms with Crippen LogP contribution in [0.15, 0.2) is 0 Å². The minimum absolute atomic E-state index is 0.387. The molecule has 0 aliphatic rings. The molecule has 3 nitrogen and oxygen atoms in total. The number of methoxy groups -OCH3 is 1. The number of rotatable bonds is 16. The highest BCUT2D eigenvalue weighted by atomic mass is 16.5. The minimum Gasteiger partial charge on any atom is -0.468 e. The molecule has 1 atom stereocenters. The topological polar surface area (TPSA) is 50.1 Å². The van der Waals surface area contributed by atoms with Crippen LogP contribution < -0.4 is 0 Å². The van der Waals surface area contributed by atoms with Crippen LogP contribution in [0.2, 0.25) is 0 Å². The summed E-state index contributed by atoms with van der Waals surface area (Å²) in [5, 5.41) is 8.88. The van der Waals surface area contributed by atoms with E-state index in [0.29, 0.717) is 6.42 Å². The third-order valence-corrected chi connectivity index (χ3v) is 4.49. The number of hydrogen-bond donors (Lipinski definition) is 0. The average Bonchev–Trinajstić information content (AvgIpc) is 2.58. The van der Waals surface area contributed by atoms with Gasteiger partial charge in [0.2, 0.25) is 0 Å². The Kier molecular flexibility index (Phi) is 16.5. The quantitative estimate of drug-likeness (QED) is 0.252. The molecule has 0 fully saturated rings. The summed E-state index contributed by atoms with van der Waals surface area (Å²) in [6, 6.07) is 2.02. The maximum absolute atomic E-state index is 11.3. The van der Waals surface area contributed by atoms with Crippen molar-refractivity contribution < 1.29 is 9.53 Å². The van der Waals surface area contributed by atoms with Gasteiger partial charge >= 0.3 is 5.97 Å². The standard InChI is InChI=1S/C20H37NO2/c1-3-4-5-6-7-8-9-10-11-12-13-14-15-16-17-19(18-21)20(22)23-2/h19H,3-17H2,1-2H3. The number of hydrogen-bond acceptors (Lipinski definition) is 3. The summed E-state index contributed by atoms with van der Waals surface area (Å²) in [5.74, 6) is -0.959. The van der Waals surface area contributed by atoms with Crippen LogP contribution >= 0.6 is 0 Å². The lowest BCUT2D eigenvalue weighted by molar-refractivity contribution is -0.143. The highest BCUT2D eigenvalue weighted by molar-refractivity contribution is 5.74. The Morgan fingerprint density at radius 1 is 0.826 bits per heavy atom. The summed E-state index contributed by atoms with van der Waals surface area (Å²) >= 11 is 0. The molecule has 1 unspecified atom stereocenters. The molecule has 134 valence electrons. The van der Waals surface area contributed by atoms with Crippen molar-refractivity contribution in [3.05, 3.63) is 0 Å². The van der Waals surface area contributed by atoms with Gasteiger partial charge < -0.3 is 4.74 Å². The fourth-order valence-electron chi connectivity index (χ4n) is 2.92. The van der Waals surface area contributed by atoms with Crippen LogP contribution in [0.25, 0.3) is 0 Å². The number of ether oxygens (including phenoxy) is 1. The summed E-state index contributed by atoms with van der Waals surface area (Å²) in [6.45, 7) is 2.26. The molecule has 23 heavy (non-hydrogen) atoms. The van der Waals surface area contributed by atoms with Gasteiger partial charge in [-0.3, -0.25) is 4.79 Å². The summed E-state index contributed by atoms with van der Waals surface area (Å²) in [4.78, 5) is 11.3. The van der Waals surface area contributed by atoms with Gasteiger partial charge in [0.25, 0.3) is 0 Å². The second-order valence-corrected chi connectivity index (χ2v) is 6.59. The smallest absolute Gasteiger partial charge is 0.323 e. The summed E-state index contributed by atoms with van der Waals surface area (Å²) < 4.78 is 4.61. The zero-order chi connectivity index (χ0) is 17.2. The molecule has 0 aliphatic heterocycles. The maximum Gasteiger partial charge on any atom is 0.323 e. The maximum atomic E-state index is 11.3. The van der Waals surface area contributed by atoms with E-state index < -0.39 is 5.92 Å². The van der Waals surface area contributed by atoms with Crippen molar-refractivity contribution in [1.82, 2.24) is 0 Å². The first kappa shape index (κ1) is 22.0. The summed E-state index contributed by atoms with van der Waals surface area (Å²) in [5.41, 5.74) is 0. The second kappa shape index (κ2) is 17.3. The largest absolute Gasteiger partial charge is 0.468 e. The normalized spacial score (nSPS) is 11.9. The van der Waals surface area contributed by atoms with E-state index in [4.69, 9.17) is 5.26 Å². The van der Waals surface area contributed by atoms with Crippen LogP contribution in [0.1, 0.15) is 103 Å². The van der Waals surface area contributed by atoms with Crippen molar-refractivity contribution in [2.24, 2.45) is 5.92 Å². The van der Waals surface area contributed by atoms with Crippen molar-refractivity contribution >= 4 is 5.97 Å². The molecule has 0 amide bonds. The van der Waals surface area contributed by atoms with Crippen LogP contribution in [-0.4, -0.2) is 13.1 Å². The van der Waals surface area contributed by atoms with Crippen molar-refractivity contribution in [3.63, 3.8) is 0 Å². The van der Waals surface area contributed by atoms with Crippen molar-refractivity contribution in [2.75, 3.05) is 7.11 Å². The van der Waals surface area contributed by atoms with Crippen molar-refractivity contribution in [2.45, 2.75) is 103 Å². The SMILES string of the molecule is CCCCCCCCCCCCCCCCC(C#N)C(=O)OC.